The number of furan rings is 2. The summed E-state index contributed by atoms with van der Waals surface area (Å²) in [4.78, 5) is 20.1. The van der Waals surface area contributed by atoms with Crippen molar-refractivity contribution in [2.24, 2.45) is 0 Å². The standard InChI is InChI=1S/C61H34N4O2/c1-3-14-37(15-4-1)58-63-59(38-16-5-2-6-17-38)65-60(64-58)39-27-25-35(26-28-39)44-34-48-54(57-51(44)43-21-9-12-24-50(43)67-57)53-47(32-30-41-40-19-8-11-23-49(40)66-56(41)53)61(48)45-22-10-7-20-42(45)52-46(61)31-29-36-18-13-33-62-55(36)52/h1-34H. The van der Waals surface area contributed by atoms with Gasteiger partial charge in [0.1, 0.15) is 22.3 Å². The highest BCUT2D eigenvalue weighted by Crippen LogP contribution is 2.67. The number of hydrogen-bond donors (Lipinski definition) is 0. The van der Waals surface area contributed by atoms with Crippen LogP contribution in [0.25, 0.3) is 122 Å². The summed E-state index contributed by atoms with van der Waals surface area (Å²) in [6.07, 6.45) is 1.91. The van der Waals surface area contributed by atoms with Crippen LogP contribution in [-0.2, 0) is 5.41 Å². The van der Waals surface area contributed by atoms with E-state index >= 15 is 0 Å². The van der Waals surface area contributed by atoms with Gasteiger partial charge in [-0.2, -0.15) is 0 Å². The van der Waals surface area contributed by atoms with Crippen molar-refractivity contribution in [2.45, 2.75) is 5.41 Å². The minimum Gasteiger partial charge on any atom is -0.455 e. The first-order valence-electron chi connectivity index (χ1n) is 22.6. The van der Waals surface area contributed by atoms with Crippen LogP contribution in [-0.4, -0.2) is 19.9 Å². The van der Waals surface area contributed by atoms with E-state index in [1.54, 1.807) is 0 Å². The molecule has 0 saturated carbocycles. The van der Waals surface area contributed by atoms with Gasteiger partial charge in [0, 0.05) is 66.5 Å². The molecule has 2 aliphatic rings. The van der Waals surface area contributed by atoms with Gasteiger partial charge >= 0.3 is 0 Å². The summed E-state index contributed by atoms with van der Waals surface area (Å²) in [5.41, 5.74) is 17.8. The van der Waals surface area contributed by atoms with E-state index in [2.05, 4.69) is 127 Å². The molecule has 6 heteroatoms. The molecular weight excluding hydrogens is 821 g/mol. The van der Waals surface area contributed by atoms with Crippen molar-refractivity contribution in [3.63, 3.8) is 0 Å². The SMILES string of the molecule is c1ccc(-c2nc(-c3ccccc3)nc(-c3ccc(-c4cc5c(c6oc7ccccc7c46)-c4c(ccc6c4oc4ccccc46)C54c5ccccc5-c5c4ccc4cccnc54)cc3)n2)cc1. The Morgan fingerprint density at radius 3 is 1.67 bits per heavy atom. The molecule has 1 unspecified atom stereocenters. The Labute approximate surface area is 383 Å². The fourth-order valence-corrected chi connectivity index (χ4v) is 11.4. The molecule has 15 rings (SSSR count). The highest BCUT2D eigenvalue weighted by Gasteiger charge is 2.54. The topological polar surface area (TPSA) is 77.8 Å². The summed E-state index contributed by atoms with van der Waals surface area (Å²) in [6, 6.07) is 70.3. The number of aromatic nitrogens is 4. The van der Waals surface area contributed by atoms with E-state index < -0.39 is 5.41 Å². The van der Waals surface area contributed by atoms with Crippen molar-refractivity contribution in [3.05, 3.63) is 229 Å². The van der Waals surface area contributed by atoms with Crippen molar-refractivity contribution < 1.29 is 8.83 Å². The molecule has 13 aromatic rings. The Morgan fingerprint density at radius 1 is 0.358 bits per heavy atom. The lowest BCUT2D eigenvalue weighted by Crippen LogP contribution is -2.26. The van der Waals surface area contributed by atoms with Gasteiger partial charge in [-0.1, -0.05) is 176 Å². The summed E-state index contributed by atoms with van der Waals surface area (Å²) in [5, 5.41) is 5.39. The number of hydrogen-bond acceptors (Lipinski definition) is 6. The maximum Gasteiger partial charge on any atom is 0.164 e. The molecule has 9 aromatic carbocycles. The quantitative estimate of drug-likeness (QED) is 0.175. The Bertz CT molecular complexity index is 4150. The monoisotopic (exact) mass is 854 g/mol. The smallest absolute Gasteiger partial charge is 0.164 e. The molecule has 1 spiro atoms. The largest absolute Gasteiger partial charge is 0.455 e. The van der Waals surface area contributed by atoms with Crippen LogP contribution >= 0.6 is 0 Å². The molecule has 0 radical (unpaired) electrons. The Morgan fingerprint density at radius 2 is 0.925 bits per heavy atom. The number of nitrogens with zero attached hydrogens (tertiary/aromatic N) is 4. The van der Waals surface area contributed by atoms with Crippen LogP contribution in [0.15, 0.2) is 215 Å². The van der Waals surface area contributed by atoms with Crippen LogP contribution in [0.3, 0.4) is 0 Å². The zero-order valence-corrected chi connectivity index (χ0v) is 35.7. The highest BCUT2D eigenvalue weighted by atomic mass is 16.3. The minimum absolute atomic E-state index is 0.608. The van der Waals surface area contributed by atoms with Gasteiger partial charge in [-0.05, 0) is 63.2 Å². The number of fused-ring (bicyclic) bond motifs is 20. The van der Waals surface area contributed by atoms with Crippen LogP contribution in [0, 0.1) is 0 Å². The Balaban J connectivity index is 1.03. The van der Waals surface area contributed by atoms with E-state index in [0.29, 0.717) is 17.5 Å². The number of para-hydroxylation sites is 2. The second-order valence-electron chi connectivity index (χ2n) is 17.6. The molecule has 2 aliphatic carbocycles. The highest BCUT2D eigenvalue weighted by molar-refractivity contribution is 6.23. The molecule has 6 nitrogen and oxygen atoms in total. The van der Waals surface area contributed by atoms with Crippen LogP contribution in [0.4, 0.5) is 0 Å². The Kier molecular flexibility index (Phi) is 7.33. The van der Waals surface area contributed by atoms with Crippen LogP contribution in [0.2, 0.25) is 0 Å². The first-order valence-corrected chi connectivity index (χ1v) is 22.6. The molecule has 4 heterocycles. The van der Waals surface area contributed by atoms with Crippen molar-refractivity contribution >= 4 is 54.8 Å². The fraction of sp³-hybridized carbons (Fsp3) is 0.0164. The molecule has 0 amide bonds. The number of benzene rings is 9. The predicted octanol–water partition coefficient (Wildman–Crippen LogP) is 15.2. The average Bonchev–Trinajstić information content (AvgIpc) is 4.14. The third-order valence-corrected chi connectivity index (χ3v) is 14.2. The van der Waals surface area contributed by atoms with E-state index in [1.165, 1.54) is 22.3 Å². The normalized spacial score (nSPS) is 14.6. The van der Waals surface area contributed by atoms with E-state index in [-0.39, 0.29) is 0 Å². The first-order chi connectivity index (χ1) is 33.2. The zero-order chi connectivity index (χ0) is 43.8. The molecule has 310 valence electrons. The summed E-state index contributed by atoms with van der Waals surface area (Å²) in [6.45, 7) is 0. The molecule has 1 atom stereocenters. The molecule has 0 saturated heterocycles. The van der Waals surface area contributed by atoms with E-state index in [4.69, 9.17) is 28.8 Å². The van der Waals surface area contributed by atoms with Gasteiger partial charge in [0.25, 0.3) is 0 Å². The zero-order valence-electron chi connectivity index (χ0n) is 35.7. The van der Waals surface area contributed by atoms with Crippen molar-refractivity contribution in [2.75, 3.05) is 0 Å². The van der Waals surface area contributed by atoms with E-state index in [1.807, 2.05) is 79.0 Å². The van der Waals surface area contributed by atoms with Crippen LogP contribution in [0.5, 0.6) is 0 Å². The van der Waals surface area contributed by atoms with Crippen LogP contribution in [0.1, 0.15) is 22.3 Å². The molecule has 0 N–H and O–H groups in total. The molecule has 67 heavy (non-hydrogen) atoms. The summed E-state index contributed by atoms with van der Waals surface area (Å²) < 4.78 is 14.2. The fourth-order valence-electron chi connectivity index (χ4n) is 11.4. The third-order valence-electron chi connectivity index (χ3n) is 14.2. The van der Waals surface area contributed by atoms with Gasteiger partial charge in [0.15, 0.2) is 17.5 Å². The van der Waals surface area contributed by atoms with Gasteiger partial charge in [0.2, 0.25) is 0 Å². The van der Waals surface area contributed by atoms with Gasteiger partial charge in [0.05, 0.1) is 10.9 Å². The van der Waals surface area contributed by atoms with Gasteiger partial charge in [-0.25, -0.2) is 15.0 Å². The third kappa shape index (κ3) is 4.93. The van der Waals surface area contributed by atoms with Crippen molar-refractivity contribution in [3.8, 4) is 67.5 Å². The molecular formula is C61H34N4O2. The second-order valence-corrected chi connectivity index (χ2v) is 17.6. The van der Waals surface area contributed by atoms with Gasteiger partial charge < -0.3 is 8.83 Å². The van der Waals surface area contributed by atoms with Crippen molar-refractivity contribution in [1.82, 2.24) is 19.9 Å². The lowest BCUT2D eigenvalue weighted by atomic mass is 9.70. The predicted molar refractivity (Wildman–Crippen MR) is 268 cm³/mol. The lowest BCUT2D eigenvalue weighted by Gasteiger charge is -2.31. The van der Waals surface area contributed by atoms with Gasteiger partial charge in [-0.3, -0.25) is 4.98 Å². The van der Waals surface area contributed by atoms with Crippen molar-refractivity contribution in [1.29, 1.82) is 0 Å². The summed E-state index contributed by atoms with van der Waals surface area (Å²) in [5.74, 6) is 1.86. The maximum atomic E-state index is 7.21. The lowest BCUT2D eigenvalue weighted by molar-refractivity contribution is 0.665. The average molecular weight is 855 g/mol. The number of rotatable bonds is 4. The summed E-state index contributed by atoms with van der Waals surface area (Å²) >= 11 is 0. The maximum absolute atomic E-state index is 7.21. The minimum atomic E-state index is -0.718. The molecule has 0 aliphatic heterocycles. The number of pyridine rings is 1. The second kappa shape index (κ2) is 13.5. The Hall–Kier alpha value is -9.00. The van der Waals surface area contributed by atoms with E-state index in [0.717, 1.165) is 105 Å². The first kappa shape index (κ1) is 36.4. The van der Waals surface area contributed by atoms with Gasteiger partial charge in [-0.15, -0.1) is 0 Å². The summed E-state index contributed by atoms with van der Waals surface area (Å²) in [7, 11) is 0. The molecule has 0 fully saturated rings. The van der Waals surface area contributed by atoms with Crippen LogP contribution < -0.4 is 0 Å². The van der Waals surface area contributed by atoms with E-state index in [9.17, 15) is 0 Å². The molecule has 4 aromatic heterocycles. The molecule has 0 bridgehead atoms.